The molecule has 1 amide bonds. The van der Waals surface area contributed by atoms with E-state index in [-0.39, 0.29) is 12.5 Å². The molecule has 0 spiro atoms. The fourth-order valence-corrected chi connectivity index (χ4v) is 2.91. The highest BCUT2D eigenvalue weighted by Crippen LogP contribution is 2.19. The Morgan fingerprint density at radius 3 is 2.68 bits per heavy atom. The molecule has 0 atom stereocenters. The zero-order valence-corrected chi connectivity index (χ0v) is 14.8. The number of hydrogen-bond donors (Lipinski definition) is 3. The topological polar surface area (TPSA) is 112 Å². The third kappa shape index (κ3) is 3.61. The molecule has 0 aliphatic carbocycles. The minimum atomic E-state index is -0.554. The molecule has 3 N–H and O–H groups in total. The number of aromatic amines is 2. The Bertz CT molecular complexity index is 1250. The number of amides is 1. The highest BCUT2D eigenvalue weighted by Gasteiger charge is 2.09. The summed E-state index contributed by atoms with van der Waals surface area (Å²) in [7, 11) is 0. The van der Waals surface area contributed by atoms with Crippen molar-refractivity contribution in [3.8, 4) is 11.3 Å². The molecule has 4 rings (SSSR count). The third-order valence-electron chi connectivity index (χ3n) is 4.36. The van der Waals surface area contributed by atoms with Crippen molar-refractivity contribution in [3.63, 3.8) is 0 Å². The molecule has 3 aromatic heterocycles. The van der Waals surface area contributed by atoms with Crippen LogP contribution in [0.3, 0.4) is 0 Å². The number of aromatic nitrogens is 4. The van der Waals surface area contributed by atoms with Gasteiger partial charge in [-0.2, -0.15) is 0 Å². The molecule has 0 saturated heterocycles. The van der Waals surface area contributed by atoms with Gasteiger partial charge >= 0.3 is 5.69 Å². The van der Waals surface area contributed by atoms with Crippen molar-refractivity contribution >= 4 is 11.6 Å². The van der Waals surface area contributed by atoms with Crippen LogP contribution in [0.15, 0.2) is 70.6 Å². The summed E-state index contributed by atoms with van der Waals surface area (Å²) in [4.78, 5) is 44.2. The maximum Gasteiger partial charge on any atom is 0.325 e. The number of imidazole rings is 1. The Balaban J connectivity index is 1.46. The molecule has 0 bridgehead atoms. The molecule has 0 unspecified atom stereocenters. The van der Waals surface area contributed by atoms with E-state index in [1.165, 1.54) is 6.20 Å². The van der Waals surface area contributed by atoms with Gasteiger partial charge in [0, 0.05) is 36.3 Å². The number of fused-ring (bicyclic) bond motifs is 1. The Hall–Kier alpha value is -3.94. The minimum Gasteiger partial charge on any atom is -0.352 e. The number of H-pyrrole nitrogens is 2. The lowest BCUT2D eigenvalue weighted by atomic mass is 10.2. The van der Waals surface area contributed by atoms with E-state index < -0.39 is 11.2 Å². The van der Waals surface area contributed by atoms with Crippen molar-refractivity contribution in [1.29, 1.82) is 0 Å². The van der Waals surface area contributed by atoms with Crippen LogP contribution >= 0.6 is 0 Å². The molecule has 8 nitrogen and oxygen atoms in total. The number of nitrogens with zero attached hydrogens (tertiary/aromatic N) is 2. The second-order valence-electron chi connectivity index (χ2n) is 6.28. The molecular weight excluding hydrogens is 358 g/mol. The second-order valence-corrected chi connectivity index (χ2v) is 6.28. The van der Waals surface area contributed by atoms with E-state index in [0.29, 0.717) is 17.5 Å². The monoisotopic (exact) mass is 375 g/mol. The molecule has 0 saturated carbocycles. The maximum absolute atomic E-state index is 12.4. The average molecular weight is 375 g/mol. The van der Waals surface area contributed by atoms with Crippen molar-refractivity contribution in [2.75, 3.05) is 6.54 Å². The van der Waals surface area contributed by atoms with Crippen molar-refractivity contribution < 1.29 is 4.79 Å². The van der Waals surface area contributed by atoms with Crippen LogP contribution in [0.4, 0.5) is 0 Å². The Kier molecular flexibility index (Phi) is 4.59. The molecule has 28 heavy (non-hydrogen) atoms. The fourth-order valence-electron chi connectivity index (χ4n) is 2.91. The van der Waals surface area contributed by atoms with Crippen LogP contribution in [-0.2, 0) is 6.42 Å². The summed E-state index contributed by atoms with van der Waals surface area (Å²) in [6.07, 6.45) is 5.26. The van der Waals surface area contributed by atoms with Crippen molar-refractivity contribution in [2.24, 2.45) is 0 Å². The standard InChI is InChI=1S/C20H17N5O3/c26-18(21-9-8-14-10-22-20(28)24-19(14)27)15-6-7-17-23-16(12-25(17)11-15)13-4-2-1-3-5-13/h1-7,10-12H,8-9H2,(H,21,26)(H2,22,24,27,28). The predicted molar refractivity (Wildman–Crippen MR) is 104 cm³/mol. The third-order valence-corrected chi connectivity index (χ3v) is 4.36. The molecule has 4 aromatic rings. The van der Waals surface area contributed by atoms with Crippen molar-refractivity contribution in [2.45, 2.75) is 6.42 Å². The smallest absolute Gasteiger partial charge is 0.325 e. The van der Waals surface area contributed by atoms with Crippen LogP contribution < -0.4 is 16.6 Å². The zero-order chi connectivity index (χ0) is 19.5. The van der Waals surface area contributed by atoms with Gasteiger partial charge in [-0.1, -0.05) is 30.3 Å². The summed E-state index contributed by atoms with van der Waals surface area (Å²) in [6, 6.07) is 13.3. The van der Waals surface area contributed by atoms with Crippen LogP contribution in [-0.4, -0.2) is 31.8 Å². The molecule has 0 radical (unpaired) electrons. The first kappa shape index (κ1) is 17.5. The Morgan fingerprint density at radius 2 is 1.89 bits per heavy atom. The molecule has 3 heterocycles. The fraction of sp³-hybridized carbons (Fsp3) is 0.100. The van der Waals surface area contributed by atoms with Gasteiger partial charge in [0.25, 0.3) is 11.5 Å². The zero-order valence-electron chi connectivity index (χ0n) is 14.8. The quantitative estimate of drug-likeness (QED) is 0.489. The van der Waals surface area contributed by atoms with Gasteiger partial charge < -0.3 is 14.7 Å². The van der Waals surface area contributed by atoms with Gasteiger partial charge in [-0.15, -0.1) is 0 Å². The molecule has 140 valence electrons. The van der Waals surface area contributed by atoms with Crippen LogP contribution in [0.25, 0.3) is 16.9 Å². The Morgan fingerprint density at radius 1 is 1.07 bits per heavy atom. The number of pyridine rings is 1. The van der Waals surface area contributed by atoms with E-state index in [1.54, 1.807) is 18.3 Å². The number of hydrogen-bond acceptors (Lipinski definition) is 4. The minimum absolute atomic E-state index is 0.252. The van der Waals surface area contributed by atoms with Gasteiger partial charge in [-0.25, -0.2) is 9.78 Å². The van der Waals surface area contributed by atoms with Crippen molar-refractivity contribution in [3.05, 3.63) is 93.0 Å². The van der Waals surface area contributed by atoms with Gasteiger partial charge in [0.2, 0.25) is 0 Å². The number of benzene rings is 1. The van der Waals surface area contributed by atoms with Crippen molar-refractivity contribution in [1.82, 2.24) is 24.7 Å². The molecule has 1 aromatic carbocycles. The lowest BCUT2D eigenvalue weighted by molar-refractivity contribution is 0.0953. The SMILES string of the molecule is O=C(NCCc1c[nH]c(=O)[nH]c1=O)c1ccc2nc(-c3ccccc3)cn2c1. The van der Waals surface area contributed by atoms with Gasteiger partial charge in [-0.05, 0) is 18.6 Å². The van der Waals surface area contributed by atoms with E-state index >= 15 is 0 Å². The molecule has 0 aliphatic rings. The van der Waals surface area contributed by atoms with Gasteiger partial charge in [-0.3, -0.25) is 14.6 Å². The summed E-state index contributed by atoms with van der Waals surface area (Å²) in [5, 5.41) is 2.77. The largest absolute Gasteiger partial charge is 0.352 e. The van der Waals surface area contributed by atoms with Gasteiger partial charge in [0.05, 0.1) is 11.3 Å². The first-order chi connectivity index (χ1) is 13.6. The van der Waals surface area contributed by atoms with E-state index in [4.69, 9.17) is 0 Å². The number of carbonyl (C=O) groups is 1. The summed E-state index contributed by atoms with van der Waals surface area (Å²) in [5.41, 5.74) is 2.46. The number of nitrogens with one attached hydrogen (secondary N) is 3. The maximum atomic E-state index is 12.4. The van der Waals surface area contributed by atoms with Crippen LogP contribution in [0.5, 0.6) is 0 Å². The molecule has 0 fully saturated rings. The van der Waals surface area contributed by atoms with E-state index in [1.807, 2.05) is 40.9 Å². The second kappa shape index (κ2) is 7.36. The molecular formula is C20H17N5O3. The molecule has 8 heteroatoms. The van der Waals surface area contributed by atoms with Crippen LogP contribution in [0.1, 0.15) is 15.9 Å². The lowest BCUT2D eigenvalue weighted by Gasteiger charge is -2.05. The predicted octanol–water partition coefficient (Wildman–Crippen LogP) is 1.35. The van der Waals surface area contributed by atoms with Gasteiger partial charge in [0.15, 0.2) is 0 Å². The summed E-state index contributed by atoms with van der Waals surface area (Å²) in [5.74, 6) is -0.252. The van der Waals surface area contributed by atoms with Gasteiger partial charge in [0.1, 0.15) is 5.65 Å². The summed E-state index contributed by atoms with van der Waals surface area (Å²) >= 11 is 0. The summed E-state index contributed by atoms with van der Waals surface area (Å²) < 4.78 is 1.81. The first-order valence-electron chi connectivity index (χ1n) is 8.73. The van der Waals surface area contributed by atoms with Crippen LogP contribution in [0, 0.1) is 0 Å². The highest BCUT2D eigenvalue weighted by atomic mass is 16.2. The average Bonchev–Trinajstić information content (AvgIpc) is 3.13. The molecule has 0 aliphatic heterocycles. The normalized spacial score (nSPS) is 10.9. The van der Waals surface area contributed by atoms with E-state index in [2.05, 4.69) is 20.3 Å². The van der Waals surface area contributed by atoms with E-state index in [0.717, 1.165) is 16.9 Å². The number of carbonyl (C=O) groups excluding carboxylic acids is 1. The van der Waals surface area contributed by atoms with E-state index in [9.17, 15) is 14.4 Å². The summed E-state index contributed by atoms with van der Waals surface area (Å²) in [6.45, 7) is 0.269. The van der Waals surface area contributed by atoms with Crippen LogP contribution in [0.2, 0.25) is 0 Å². The Labute approximate surface area is 158 Å². The lowest BCUT2D eigenvalue weighted by Crippen LogP contribution is -2.30. The highest BCUT2D eigenvalue weighted by molar-refractivity contribution is 5.94. The first-order valence-corrected chi connectivity index (χ1v) is 8.73. The number of rotatable bonds is 5.